The summed E-state index contributed by atoms with van der Waals surface area (Å²) in [6.07, 6.45) is 1.24. The lowest BCUT2D eigenvalue weighted by Crippen LogP contribution is -2.46. The van der Waals surface area contributed by atoms with Crippen molar-refractivity contribution in [1.82, 2.24) is 4.90 Å². The van der Waals surface area contributed by atoms with E-state index in [0.717, 1.165) is 12.8 Å². The molecule has 2 unspecified atom stereocenters. The number of halogens is 1. The van der Waals surface area contributed by atoms with E-state index in [9.17, 15) is 9.18 Å². The molecule has 0 aliphatic carbocycles. The van der Waals surface area contributed by atoms with Crippen molar-refractivity contribution in [3.8, 4) is 5.75 Å². The second-order valence-corrected chi connectivity index (χ2v) is 5.74. The molecule has 1 fully saturated rings. The van der Waals surface area contributed by atoms with Gasteiger partial charge in [-0.05, 0) is 44.7 Å². The SMILES string of the molecule is CC(Oc1cccc(F)c1)C(=O)N1CCC(C(C)N)CC1. The minimum Gasteiger partial charge on any atom is -0.481 e. The van der Waals surface area contributed by atoms with Gasteiger partial charge in [0.25, 0.3) is 5.91 Å². The number of amides is 1. The molecule has 116 valence electrons. The van der Waals surface area contributed by atoms with Gasteiger partial charge in [0.15, 0.2) is 6.10 Å². The predicted molar refractivity (Wildman–Crippen MR) is 79.4 cm³/mol. The van der Waals surface area contributed by atoms with Crippen LogP contribution in [0.25, 0.3) is 0 Å². The second kappa shape index (κ2) is 6.89. The first kappa shape index (κ1) is 15.8. The van der Waals surface area contributed by atoms with Crippen molar-refractivity contribution in [3.63, 3.8) is 0 Å². The van der Waals surface area contributed by atoms with E-state index in [4.69, 9.17) is 10.5 Å². The maximum atomic E-state index is 13.1. The van der Waals surface area contributed by atoms with Crippen LogP contribution in [0.4, 0.5) is 4.39 Å². The molecule has 2 atom stereocenters. The number of hydrogen-bond donors (Lipinski definition) is 1. The van der Waals surface area contributed by atoms with Gasteiger partial charge < -0.3 is 15.4 Å². The molecule has 21 heavy (non-hydrogen) atoms. The van der Waals surface area contributed by atoms with Crippen LogP contribution in [0.5, 0.6) is 5.75 Å². The maximum Gasteiger partial charge on any atom is 0.263 e. The molecule has 2 rings (SSSR count). The third kappa shape index (κ3) is 4.17. The maximum absolute atomic E-state index is 13.1. The number of benzene rings is 1. The van der Waals surface area contributed by atoms with E-state index < -0.39 is 6.10 Å². The van der Waals surface area contributed by atoms with Gasteiger partial charge in [-0.1, -0.05) is 6.07 Å². The van der Waals surface area contributed by atoms with Gasteiger partial charge in [-0.15, -0.1) is 0 Å². The Balaban J connectivity index is 1.88. The highest BCUT2D eigenvalue weighted by molar-refractivity contribution is 5.81. The third-order valence-corrected chi connectivity index (χ3v) is 4.05. The Bertz CT molecular complexity index is 485. The average molecular weight is 294 g/mol. The van der Waals surface area contributed by atoms with Crippen LogP contribution in [-0.2, 0) is 4.79 Å². The molecule has 0 bridgehead atoms. The molecule has 1 aromatic rings. The fraction of sp³-hybridized carbons (Fsp3) is 0.562. The number of piperidine rings is 1. The number of carbonyl (C=O) groups excluding carboxylic acids is 1. The smallest absolute Gasteiger partial charge is 0.263 e. The highest BCUT2D eigenvalue weighted by Crippen LogP contribution is 2.21. The van der Waals surface area contributed by atoms with Gasteiger partial charge in [-0.25, -0.2) is 4.39 Å². The van der Waals surface area contributed by atoms with Crippen molar-refractivity contribution in [2.75, 3.05) is 13.1 Å². The molecule has 0 aromatic heterocycles. The van der Waals surface area contributed by atoms with Crippen LogP contribution >= 0.6 is 0 Å². The van der Waals surface area contributed by atoms with Crippen molar-refractivity contribution < 1.29 is 13.9 Å². The van der Waals surface area contributed by atoms with Crippen LogP contribution in [0.3, 0.4) is 0 Å². The Morgan fingerprint density at radius 1 is 1.38 bits per heavy atom. The zero-order valence-corrected chi connectivity index (χ0v) is 12.6. The normalized spacial score (nSPS) is 19.1. The molecule has 1 aliphatic rings. The van der Waals surface area contributed by atoms with E-state index in [1.54, 1.807) is 19.1 Å². The summed E-state index contributed by atoms with van der Waals surface area (Å²) in [5.41, 5.74) is 5.90. The fourth-order valence-corrected chi connectivity index (χ4v) is 2.70. The zero-order chi connectivity index (χ0) is 15.4. The quantitative estimate of drug-likeness (QED) is 0.926. The Labute approximate surface area is 125 Å². The number of nitrogens with zero attached hydrogens (tertiary/aromatic N) is 1. The molecule has 4 nitrogen and oxygen atoms in total. The minimum absolute atomic E-state index is 0.0533. The van der Waals surface area contributed by atoms with E-state index >= 15 is 0 Å². The summed E-state index contributed by atoms with van der Waals surface area (Å²) in [6.45, 7) is 5.13. The molecular weight excluding hydrogens is 271 g/mol. The summed E-state index contributed by atoms with van der Waals surface area (Å²) in [7, 11) is 0. The third-order valence-electron chi connectivity index (χ3n) is 4.05. The van der Waals surface area contributed by atoms with Crippen molar-refractivity contribution in [1.29, 1.82) is 0 Å². The first-order valence-electron chi connectivity index (χ1n) is 7.44. The molecule has 1 amide bonds. The molecule has 0 spiro atoms. The lowest BCUT2D eigenvalue weighted by atomic mass is 9.91. The van der Waals surface area contributed by atoms with Gasteiger partial charge in [-0.2, -0.15) is 0 Å². The largest absolute Gasteiger partial charge is 0.481 e. The molecule has 0 radical (unpaired) electrons. The van der Waals surface area contributed by atoms with Gasteiger partial charge in [0.05, 0.1) is 0 Å². The lowest BCUT2D eigenvalue weighted by Gasteiger charge is -2.35. The van der Waals surface area contributed by atoms with Crippen LogP contribution < -0.4 is 10.5 Å². The molecule has 1 heterocycles. The second-order valence-electron chi connectivity index (χ2n) is 5.74. The van der Waals surface area contributed by atoms with Gasteiger partial charge in [0, 0.05) is 25.2 Å². The average Bonchev–Trinajstić information content (AvgIpc) is 2.46. The molecule has 1 saturated heterocycles. The van der Waals surface area contributed by atoms with Crippen LogP contribution in [-0.4, -0.2) is 36.0 Å². The summed E-state index contributed by atoms with van der Waals surface area (Å²) in [4.78, 5) is 14.1. The van der Waals surface area contributed by atoms with Crippen LogP contribution in [0, 0.1) is 11.7 Å². The van der Waals surface area contributed by atoms with E-state index in [0.29, 0.717) is 24.8 Å². The van der Waals surface area contributed by atoms with Crippen molar-refractivity contribution in [3.05, 3.63) is 30.1 Å². The first-order valence-corrected chi connectivity index (χ1v) is 7.44. The van der Waals surface area contributed by atoms with E-state index in [-0.39, 0.29) is 17.8 Å². The highest BCUT2D eigenvalue weighted by Gasteiger charge is 2.28. The van der Waals surface area contributed by atoms with Gasteiger partial charge in [0.1, 0.15) is 11.6 Å². The Morgan fingerprint density at radius 3 is 2.62 bits per heavy atom. The Morgan fingerprint density at radius 2 is 2.05 bits per heavy atom. The predicted octanol–water partition coefficient (Wildman–Crippen LogP) is 2.18. The van der Waals surface area contributed by atoms with E-state index in [2.05, 4.69) is 0 Å². The highest BCUT2D eigenvalue weighted by atomic mass is 19.1. The Kier molecular flexibility index (Phi) is 5.17. The van der Waals surface area contributed by atoms with E-state index in [1.807, 2.05) is 11.8 Å². The summed E-state index contributed by atoms with van der Waals surface area (Å²) >= 11 is 0. The fourth-order valence-electron chi connectivity index (χ4n) is 2.70. The van der Waals surface area contributed by atoms with E-state index in [1.165, 1.54) is 12.1 Å². The van der Waals surface area contributed by atoms with Crippen LogP contribution in [0.15, 0.2) is 24.3 Å². The van der Waals surface area contributed by atoms with Gasteiger partial charge in [0.2, 0.25) is 0 Å². The molecule has 1 aromatic carbocycles. The molecule has 1 aliphatic heterocycles. The standard InChI is InChI=1S/C16H23FN2O2/c1-11(18)13-6-8-19(9-7-13)16(20)12(2)21-15-5-3-4-14(17)10-15/h3-5,10-13H,6-9,18H2,1-2H3. The number of ether oxygens (including phenoxy) is 1. The lowest BCUT2D eigenvalue weighted by molar-refractivity contribution is -0.139. The number of rotatable bonds is 4. The van der Waals surface area contributed by atoms with Gasteiger partial charge >= 0.3 is 0 Å². The summed E-state index contributed by atoms with van der Waals surface area (Å²) in [5, 5.41) is 0. The molecular formula is C16H23FN2O2. The van der Waals surface area contributed by atoms with Crippen molar-refractivity contribution in [2.24, 2.45) is 11.7 Å². The number of likely N-dealkylation sites (tertiary alicyclic amines) is 1. The number of nitrogens with two attached hydrogens (primary N) is 1. The Hall–Kier alpha value is -1.62. The monoisotopic (exact) mass is 294 g/mol. The minimum atomic E-state index is -0.612. The molecule has 0 saturated carbocycles. The zero-order valence-electron chi connectivity index (χ0n) is 12.6. The van der Waals surface area contributed by atoms with Crippen molar-refractivity contribution in [2.45, 2.75) is 38.8 Å². The number of carbonyl (C=O) groups is 1. The summed E-state index contributed by atoms with van der Waals surface area (Å²) in [5.74, 6) is 0.432. The van der Waals surface area contributed by atoms with Crippen LogP contribution in [0.2, 0.25) is 0 Å². The van der Waals surface area contributed by atoms with Crippen molar-refractivity contribution >= 4 is 5.91 Å². The topological polar surface area (TPSA) is 55.6 Å². The van der Waals surface area contributed by atoms with Gasteiger partial charge in [-0.3, -0.25) is 4.79 Å². The number of hydrogen-bond acceptors (Lipinski definition) is 3. The van der Waals surface area contributed by atoms with Crippen LogP contribution in [0.1, 0.15) is 26.7 Å². The molecule has 2 N–H and O–H groups in total. The summed E-state index contributed by atoms with van der Waals surface area (Å²) in [6, 6.07) is 6.01. The molecule has 5 heteroatoms. The summed E-state index contributed by atoms with van der Waals surface area (Å²) < 4.78 is 18.6. The first-order chi connectivity index (χ1) is 9.97.